The first-order valence-corrected chi connectivity index (χ1v) is 8.85. The van der Waals surface area contributed by atoms with Crippen molar-refractivity contribution in [3.8, 4) is 0 Å². The Kier molecular flexibility index (Phi) is 10.3. The predicted octanol–water partition coefficient (Wildman–Crippen LogP) is 2.10. The van der Waals surface area contributed by atoms with Crippen molar-refractivity contribution in [2.24, 2.45) is 4.99 Å². The van der Waals surface area contributed by atoms with Gasteiger partial charge in [-0.1, -0.05) is 25.5 Å². The molecule has 1 amide bonds. The minimum atomic E-state index is 0. The molecule has 3 N–H and O–H groups in total. The van der Waals surface area contributed by atoms with Crippen LogP contribution in [0.4, 0.5) is 5.69 Å². The largest absolute Gasteiger partial charge is 0.360 e. The van der Waals surface area contributed by atoms with Gasteiger partial charge in [-0.3, -0.25) is 4.79 Å². The Hall–Kier alpha value is -1.51. The standard InChI is InChI=1S/C18H29N5O.HI/c1-3-5-10-21-18(19-4-2)22-13-15-6-8-16(9-7-15)23-12-11-20-17(24)14-23;/h6-9H,3-5,10-14H2,1-2H3,(H,20,24)(H2,19,21,22);1H. The number of nitrogens with one attached hydrogen (secondary N) is 3. The first kappa shape index (κ1) is 21.5. The van der Waals surface area contributed by atoms with Crippen LogP contribution in [-0.2, 0) is 11.3 Å². The summed E-state index contributed by atoms with van der Waals surface area (Å²) in [6.07, 6.45) is 2.31. The number of unbranched alkanes of at least 4 members (excludes halogenated alkanes) is 1. The van der Waals surface area contributed by atoms with Crippen molar-refractivity contribution in [2.45, 2.75) is 33.2 Å². The van der Waals surface area contributed by atoms with E-state index in [2.05, 4.69) is 64.0 Å². The summed E-state index contributed by atoms with van der Waals surface area (Å²) in [4.78, 5) is 18.2. The molecule has 25 heavy (non-hydrogen) atoms. The molecule has 1 fully saturated rings. The number of carbonyl (C=O) groups excluding carboxylic acids is 1. The quantitative estimate of drug-likeness (QED) is 0.253. The first-order chi connectivity index (χ1) is 11.7. The summed E-state index contributed by atoms with van der Waals surface area (Å²) in [6, 6.07) is 8.31. The van der Waals surface area contributed by atoms with Crippen molar-refractivity contribution in [2.75, 3.05) is 37.6 Å². The molecule has 7 heteroatoms. The fraction of sp³-hybridized carbons (Fsp3) is 0.556. The Balaban J connectivity index is 0.00000312. The van der Waals surface area contributed by atoms with Crippen LogP contribution in [0.25, 0.3) is 0 Å². The maximum atomic E-state index is 11.5. The third kappa shape index (κ3) is 7.50. The van der Waals surface area contributed by atoms with Gasteiger partial charge in [0.25, 0.3) is 0 Å². The lowest BCUT2D eigenvalue weighted by atomic mass is 10.2. The highest BCUT2D eigenvalue weighted by atomic mass is 127. The zero-order valence-electron chi connectivity index (χ0n) is 15.2. The predicted molar refractivity (Wildman–Crippen MR) is 115 cm³/mol. The lowest BCUT2D eigenvalue weighted by Crippen LogP contribution is -2.47. The van der Waals surface area contributed by atoms with Gasteiger partial charge in [0.15, 0.2) is 5.96 Å². The maximum Gasteiger partial charge on any atom is 0.239 e. The van der Waals surface area contributed by atoms with Gasteiger partial charge in [-0.15, -0.1) is 24.0 Å². The summed E-state index contributed by atoms with van der Waals surface area (Å²) in [5, 5.41) is 9.46. The van der Waals surface area contributed by atoms with Gasteiger partial charge in [-0.05, 0) is 31.0 Å². The number of halogens is 1. The average Bonchev–Trinajstić information content (AvgIpc) is 2.60. The molecular formula is C18H30IN5O. The van der Waals surface area contributed by atoms with Crippen molar-refractivity contribution >= 4 is 41.5 Å². The number of anilines is 1. The molecule has 6 nitrogen and oxygen atoms in total. The van der Waals surface area contributed by atoms with Gasteiger partial charge in [-0.25, -0.2) is 4.99 Å². The van der Waals surface area contributed by atoms with Gasteiger partial charge in [0.05, 0.1) is 13.1 Å². The van der Waals surface area contributed by atoms with Crippen LogP contribution in [0.3, 0.4) is 0 Å². The molecule has 1 aliphatic heterocycles. The third-order valence-corrected chi connectivity index (χ3v) is 3.93. The number of hydrogen-bond donors (Lipinski definition) is 3. The minimum Gasteiger partial charge on any atom is -0.360 e. The summed E-state index contributed by atoms with van der Waals surface area (Å²) in [7, 11) is 0. The summed E-state index contributed by atoms with van der Waals surface area (Å²) in [5.74, 6) is 0.950. The van der Waals surface area contributed by atoms with Crippen LogP contribution in [-0.4, -0.2) is 44.6 Å². The maximum absolute atomic E-state index is 11.5. The van der Waals surface area contributed by atoms with Gasteiger partial charge in [-0.2, -0.15) is 0 Å². The highest BCUT2D eigenvalue weighted by molar-refractivity contribution is 14.0. The van der Waals surface area contributed by atoms with Gasteiger partial charge >= 0.3 is 0 Å². The molecule has 0 saturated carbocycles. The number of hydrogen-bond acceptors (Lipinski definition) is 3. The molecule has 1 saturated heterocycles. The van der Waals surface area contributed by atoms with Crippen LogP contribution in [0.2, 0.25) is 0 Å². The van der Waals surface area contributed by atoms with E-state index in [1.807, 2.05) is 0 Å². The Morgan fingerprint density at radius 1 is 1.24 bits per heavy atom. The molecule has 0 aromatic heterocycles. The van der Waals surface area contributed by atoms with E-state index >= 15 is 0 Å². The number of amides is 1. The van der Waals surface area contributed by atoms with Crippen molar-refractivity contribution in [3.05, 3.63) is 29.8 Å². The minimum absolute atomic E-state index is 0. The van der Waals surface area contributed by atoms with Gasteiger partial charge in [0.2, 0.25) is 5.91 Å². The van der Waals surface area contributed by atoms with Crippen LogP contribution in [0.5, 0.6) is 0 Å². The van der Waals surface area contributed by atoms with E-state index in [4.69, 9.17) is 0 Å². The van der Waals surface area contributed by atoms with Crippen LogP contribution < -0.4 is 20.9 Å². The first-order valence-electron chi connectivity index (χ1n) is 8.85. The fourth-order valence-electron chi connectivity index (χ4n) is 2.57. The SMILES string of the molecule is CCCCNC(=NCc1ccc(N2CCNC(=O)C2)cc1)NCC.I. The number of nitrogens with zero attached hydrogens (tertiary/aromatic N) is 2. The molecule has 0 radical (unpaired) electrons. The van der Waals surface area contributed by atoms with E-state index in [-0.39, 0.29) is 29.9 Å². The van der Waals surface area contributed by atoms with E-state index in [1.54, 1.807) is 0 Å². The molecule has 0 atom stereocenters. The van der Waals surface area contributed by atoms with E-state index < -0.39 is 0 Å². The zero-order chi connectivity index (χ0) is 17.2. The topological polar surface area (TPSA) is 68.8 Å². The Bertz CT molecular complexity index is 547. The number of benzene rings is 1. The van der Waals surface area contributed by atoms with Crippen LogP contribution >= 0.6 is 24.0 Å². The number of carbonyl (C=O) groups is 1. The van der Waals surface area contributed by atoms with Crippen molar-refractivity contribution < 1.29 is 4.79 Å². The second-order valence-electron chi connectivity index (χ2n) is 5.91. The summed E-state index contributed by atoms with van der Waals surface area (Å²) in [5.41, 5.74) is 2.25. The van der Waals surface area contributed by atoms with Crippen LogP contribution in [0.15, 0.2) is 29.3 Å². The molecule has 0 spiro atoms. The van der Waals surface area contributed by atoms with Crippen molar-refractivity contribution in [3.63, 3.8) is 0 Å². The van der Waals surface area contributed by atoms with E-state index in [9.17, 15) is 4.79 Å². The molecular weight excluding hydrogens is 429 g/mol. The number of piperazine rings is 1. The van der Waals surface area contributed by atoms with Crippen LogP contribution in [0.1, 0.15) is 32.3 Å². The van der Waals surface area contributed by atoms with Gasteiger partial charge in [0.1, 0.15) is 0 Å². The lowest BCUT2D eigenvalue weighted by Gasteiger charge is -2.28. The second kappa shape index (κ2) is 11.9. The fourth-order valence-corrected chi connectivity index (χ4v) is 2.57. The lowest BCUT2D eigenvalue weighted by molar-refractivity contribution is -0.120. The normalized spacial score (nSPS) is 14.6. The molecule has 2 rings (SSSR count). The summed E-state index contributed by atoms with van der Waals surface area (Å²) < 4.78 is 0. The Morgan fingerprint density at radius 3 is 2.64 bits per heavy atom. The molecule has 140 valence electrons. The molecule has 0 bridgehead atoms. The summed E-state index contributed by atoms with van der Waals surface area (Å²) >= 11 is 0. The van der Waals surface area contributed by atoms with E-state index in [0.29, 0.717) is 19.6 Å². The Labute approximate surface area is 167 Å². The smallest absolute Gasteiger partial charge is 0.239 e. The molecule has 1 heterocycles. The third-order valence-electron chi connectivity index (χ3n) is 3.93. The molecule has 1 aliphatic rings. The Morgan fingerprint density at radius 2 is 2.00 bits per heavy atom. The van der Waals surface area contributed by atoms with Crippen molar-refractivity contribution in [1.29, 1.82) is 0 Å². The van der Waals surface area contributed by atoms with Crippen LogP contribution in [0, 0.1) is 0 Å². The van der Waals surface area contributed by atoms with Crippen molar-refractivity contribution in [1.82, 2.24) is 16.0 Å². The summed E-state index contributed by atoms with van der Waals surface area (Å²) in [6.45, 7) is 8.69. The average molecular weight is 459 g/mol. The number of aliphatic imine (C=N–C) groups is 1. The van der Waals surface area contributed by atoms with Gasteiger partial charge in [0, 0.05) is 31.9 Å². The molecule has 1 aromatic carbocycles. The molecule has 1 aromatic rings. The zero-order valence-corrected chi connectivity index (χ0v) is 17.5. The number of rotatable bonds is 7. The van der Waals surface area contributed by atoms with Gasteiger partial charge < -0.3 is 20.9 Å². The monoisotopic (exact) mass is 459 g/mol. The molecule has 0 aliphatic carbocycles. The number of guanidine groups is 1. The van der Waals surface area contributed by atoms with E-state index in [1.165, 1.54) is 6.42 Å². The highest BCUT2D eigenvalue weighted by Gasteiger charge is 2.15. The second-order valence-corrected chi connectivity index (χ2v) is 5.91. The van der Waals surface area contributed by atoms with E-state index in [0.717, 1.165) is 43.3 Å². The molecule has 0 unspecified atom stereocenters. The highest BCUT2D eigenvalue weighted by Crippen LogP contribution is 2.16.